The summed E-state index contributed by atoms with van der Waals surface area (Å²) in [4.78, 5) is 12.0. The fraction of sp³-hybridized carbons (Fsp3) is 0.364. The number of carbonyl (C=O) groups is 1. The number of hydrogen-bond donors (Lipinski definition) is 2. The molecule has 30 heavy (non-hydrogen) atoms. The van der Waals surface area contributed by atoms with Gasteiger partial charge in [-0.15, -0.1) is 0 Å². The normalized spacial score (nSPS) is 11.4. The van der Waals surface area contributed by atoms with Crippen LogP contribution in [-0.4, -0.2) is 30.9 Å². The van der Waals surface area contributed by atoms with Crippen LogP contribution >= 0.6 is 23.8 Å². The highest BCUT2D eigenvalue weighted by molar-refractivity contribution is 7.80. The van der Waals surface area contributed by atoms with Crippen molar-refractivity contribution in [1.82, 2.24) is 5.32 Å². The molecular formula is C22H27ClN2O4S. The van der Waals surface area contributed by atoms with Crippen molar-refractivity contribution in [2.75, 3.05) is 25.1 Å². The molecule has 2 aromatic carbocycles. The summed E-state index contributed by atoms with van der Waals surface area (Å²) in [6.07, 6.45) is 0. The Balaban J connectivity index is 2.08. The number of ether oxygens (including phenoxy) is 3. The minimum atomic E-state index is -0.476. The number of halogens is 1. The molecule has 6 nitrogen and oxygen atoms in total. The predicted molar refractivity (Wildman–Crippen MR) is 124 cm³/mol. The zero-order chi connectivity index (χ0) is 22.1. The van der Waals surface area contributed by atoms with Gasteiger partial charge in [-0.3, -0.25) is 0 Å². The SMILES string of the molecule is CCOC(=O)c1cc(NC(=S)N[C@H](C)c2ccc(OCC)c(OCC)c2)ccc1Cl. The van der Waals surface area contributed by atoms with E-state index in [9.17, 15) is 4.79 Å². The van der Waals surface area contributed by atoms with E-state index in [1.165, 1.54) is 0 Å². The standard InChI is InChI=1S/C22H27ClN2O4S/c1-5-27-19-11-8-15(12-20(19)28-6-2)14(4)24-22(30)25-16-9-10-18(23)17(13-16)21(26)29-7-3/h8-14H,5-7H2,1-4H3,(H2,24,25,30)/t14-/m1/s1. The summed E-state index contributed by atoms with van der Waals surface area (Å²) in [5.41, 5.74) is 1.91. The first-order chi connectivity index (χ1) is 14.4. The van der Waals surface area contributed by atoms with Gasteiger partial charge in [0.05, 0.1) is 36.4 Å². The molecule has 0 unspecified atom stereocenters. The Morgan fingerprint density at radius 1 is 1.03 bits per heavy atom. The van der Waals surface area contributed by atoms with Crippen LogP contribution in [0.3, 0.4) is 0 Å². The minimum absolute atomic E-state index is 0.0864. The summed E-state index contributed by atoms with van der Waals surface area (Å²) in [6, 6.07) is 10.7. The van der Waals surface area contributed by atoms with Crippen molar-refractivity contribution in [3.05, 3.63) is 52.5 Å². The molecule has 0 saturated carbocycles. The van der Waals surface area contributed by atoms with Gasteiger partial charge >= 0.3 is 5.97 Å². The molecule has 0 saturated heterocycles. The van der Waals surface area contributed by atoms with E-state index in [0.717, 1.165) is 5.56 Å². The first-order valence-electron chi connectivity index (χ1n) is 9.83. The summed E-state index contributed by atoms with van der Waals surface area (Å²) in [7, 11) is 0. The van der Waals surface area contributed by atoms with Crippen LogP contribution in [0.25, 0.3) is 0 Å². The van der Waals surface area contributed by atoms with Crippen LogP contribution in [0.1, 0.15) is 49.7 Å². The number of carbonyl (C=O) groups excluding carboxylic acids is 1. The maximum absolute atomic E-state index is 12.0. The summed E-state index contributed by atoms with van der Waals surface area (Å²) in [6.45, 7) is 8.98. The van der Waals surface area contributed by atoms with Crippen molar-refractivity contribution in [3.63, 3.8) is 0 Å². The first-order valence-corrected chi connectivity index (χ1v) is 10.6. The third kappa shape index (κ3) is 6.50. The second kappa shape index (κ2) is 11.6. The molecule has 0 heterocycles. The number of nitrogens with one attached hydrogen (secondary N) is 2. The van der Waals surface area contributed by atoms with Gasteiger partial charge in [-0.2, -0.15) is 0 Å². The Morgan fingerprint density at radius 2 is 1.73 bits per heavy atom. The Hall–Kier alpha value is -2.51. The Bertz CT molecular complexity index is 891. The van der Waals surface area contributed by atoms with E-state index in [4.69, 9.17) is 38.0 Å². The van der Waals surface area contributed by atoms with Crippen LogP contribution in [0.2, 0.25) is 5.02 Å². The monoisotopic (exact) mass is 450 g/mol. The molecular weight excluding hydrogens is 424 g/mol. The van der Waals surface area contributed by atoms with Gasteiger partial charge in [0.1, 0.15) is 0 Å². The topological polar surface area (TPSA) is 68.8 Å². The lowest BCUT2D eigenvalue weighted by molar-refractivity contribution is 0.0526. The zero-order valence-corrected chi connectivity index (χ0v) is 19.2. The van der Waals surface area contributed by atoms with Crippen LogP contribution in [0.15, 0.2) is 36.4 Å². The molecule has 2 N–H and O–H groups in total. The summed E-state index contributed by atoms with van der Waals surface area (Å²) < 4.78 is 16.3. The van der Waals surface area contributed by atoms with Gasteiger partial charge in [0.25, 0.3) is 0 Å². The van der Waals surface area contributed by atoms with Crippen molar-refractivity contribution in [2.45, 2.75) is 33.7 Å². The molecule has 0 spiro atoms. The van der Waals surface area contributed by atoms with Gasteiger partial charge in [-0.1, -0.05) is 17.7 Å². The lowest BCUT2D eigenvalue weighted by atomic mass is 10.1. The molecule has 2 rings (SSSR count). The maximum Gasteiger partial charge on any atom is 0.339 e. The second-order valence-electron chi connectivity index (χ2n) is 6.31. The van der Waals surface area contributed by atoms with Crippen molar-refractivity contribution in [1.29, 1.82) is 0 Å². The van der Waals surface area contributed by atoms with Crippen LogP contribution in [0, 0.1) is 0 Å². The Kier molecular flexibility index (Phi) is 9.20. The zero-order valence-electron chi connectivity index (χ0n) is 17.6. The van der Waals surface area contributed by atoms with E-state index in [1.807, 2.05) is 39.0 Å². The number of hydrogen-bond acceptors (Lipinski definition) is 5. The molecule has 1 atom stereocenters. The van der Waals surface area contributed by atoms with Gasteiger partial charge in [-0.05, 0) is 75.8 Å². The highest BCUT2D eigenvalue weighted by Crippen LogP contribution is 2.31. The van der Waals surface area contributed by atoms with Gasteiger partial charge in [-0.25, -0.2) is 4.79 Å². The van der Waals surface area contributed by atoms with E-state index < -0.39 is 5.97 Å². The van der Waals surface area contributed by atoms with Gasteiger partial charge in [0.15, 0.2) is 16.6 Å². The molecule has 0 aliphatic rings. The lowest BCUT2D eigenvalue weighted by Crippen LogP contribution is -2.31. The fourth-order valence-corrected chi connectivity index (χ4v) is 3.24. The smallest absolute Gasteiger partial charge is 0.339 e. The average molecular weight is 451 g/mol. The van der Waals surface area contributed by atoms with E-state index in [1.54, 1.807) is 25.1 Å². The number of rotatable bonds is 9. The van der Waals surface area contributed by atoms with Gasteiger partial charge < -0.3 is 24.8 Å². The number of thiocarbonyl (C=S) groups is 1. The van der Waals surface area contributed by atoms with Crippen LogP contribution in [0.5, 0.6) is 11.5 Å². The summed E-state index contributed by atoms with van der Waals surface area (Å²) >= 11 is 11.5. The van der Waals surface area contributed by atoms with Gasteiger partial charge in [0.2, 0.25) is 0 Å². The van der Waals surface area contributed by atoms with Crippen molar-refractivity contribution >= 4 is 40.6 Å². The van der Waals surface area contributed by atoms with E-state index in [0.29, 0.717) is 40.5 Å². The molecule has 8 heteroatoms. The maximum atomic E-state index is 12.0. The first kappa shape index (κ1) is 23.8. The van der Waals surface area contributed by atoms with Crippen LogP contribution in [-0.2, 0) is 4.74 Å². The molecule has 0 aliphatic heterocycles. The predicted octanol–water partition coefficient (Wildman–Crippen LogP) is 5.36. The molecule has 162 valence electrons. The molecule has 0 amide bonds. The molecule has 2 aromatic rings. The largest absolute Gasteiger partial charge is 0.490 e. The summed E-state index contributed by atoms with van der Waals surface area (Å²) in [5.74, 6) is 0.932. The van der Waals surface area contributed by atoms with Crippen molar-refractivity contribution in [3.8, 4) is 11.5 Å². The van der Waals surface area contributed by atoms with E-state index in [-0.39, 0.29) is 18.2 Å². The lowest BCUT2D eigenvalue weighted by Gasteiger charge is -2.19. The highest BCUT2D eigenvalue weighted by Gasteiger charge is 2.15. The number of anilines is 1. The van der Waals surface area contributed by atoms with E-state index in [2.05, 4.69) is 10.6 Å². The van der Waals surface area contributed by atoms with Gasteiger partial charge in [0, 0.05) is 5.69 Å². The van der Waals surface area contributed by atoms with Crippen molar-refractivity contribution < 1.29 is 19.0 Å². The third-order valence-corrected chi connectivity index (χ3v) is 4.68. The number of benzene rings is 2. The Labute approximate surface area is 187 Å². The minimum Gasteiger partial charge on any atom is -0.490 e. The Morgan fingerprint density at radius 3 is 2.40 bits per heavy atom. The molecule has 0 radical (unpaired) electrons. The molecule has 0 aliphatic carbocycles. The average Bonchev–Trinajstić information content (AvgIpc) is 2.71. The molecule has 0 aromatic heterocycles. The highest BCUT2D eigenvalue weighted by atomic mass is 35.5. The number of esters is 1. The van der Waals surface area contributed by atoms with Crippen LogP contribution < -0.4 is 20.1 Å². The van der Waals surface area contributed by atoms with E-state index >= 15 is 0 Å². The third-order valence-electron chi connectivity index (χ3n) is 4.13. The van der Waals surface area contributed by atoms with Crippen molar-refractivity contribution in [2.24, 2.45) is 0 Å². The fourth-order valence-electron chi connectivity index (χ4n) is 2.75. The molecule has 0 bridgehead atoms. The summed E-state index contributed by atoms with van der Waals surface area (Å²) in [5, 5.41) is 7.04. The van der Waals surface area contributed by atoms with Crippen LogP contribution in [0.4, 0.5) is 5.69 Å². The molecule has 0 fully saturated rings. The quantitative estimate of drug-likeness (QED) is 0.393. The second-order valence-corrected chi connectivity index (χ2v) is 7.12.